The molecule has 26 heavy (non-hydrogen) atoms. The van der Waals surface area contributed by atoms with Crippen LogP contribution in [0.25, 0.3) is 0 Å². The number of hydrogen-bond donors (Lipinski definition) is 3. The number of amides is 3. The minimum Gasteiger partial charge on any atom is -0.355 e. The number of hydrogen-bond acceptors (Lipinski definition) is 3. The summed E-state index contributed by atoms with van der Waals surface area (Å²) in [7, 11) is 2.05. The summed E-state index contributed by atoms with van der Waals surface area (Å²) in [6, 6.07) is 0.376. The zero-order valence-corrected chi connectivity index (χ0v) is 16.6. The van der Waals surface area contributed by atoms with Crippen molar-refractivity contribution < 1.29 is 9.59 Å². The Balaban J connectivity index is 1.32. The standard InChI is InChI=1S/C20H36N4O2/c1-14(2)24(3)7-6-21-18(25)4-5-22-19(26)23-20-11-15-8-16(12-20)10-17(9-15)13-20/h14-17H,4-13H2,1-3H3,(H,21,25)(H2,22,23,26). The maximum atomic E-state index is 12.3. The first-order valence-electron chi connectivity index (χ1n) is 10.4. The van der Waals surface area contributed by atoms with Gasteiger partial charge in [-0.25, -0.2) is 4.79 Å². The average Bonchev–Trinajstić information content (AvgIpc) is 2.52. The summed E-state index contributed by atoms with van der Waals surface area (Å²) < 4.78 is 0. The van der Waals surface area contributed by atoms with Gasteiger partial charge in [0.2, 0.25) is 5.91 Å². The van der Waals surface area contributed by atoms with Crippen molar-refractivity contribution in [2.45, 2.75) is 70.4 Å². The molecular formula is C20H36N4O2. The second kappa shape index (κ2) is 8.15. The Kier molecular flexibility index (Phi) is 6.10. The summed E-state index contributed by atoms with van der Waals surface area (Å²) in [5.41, 5.74) is 0.0303. The van der Waals surface area contributed by atoms with Gasteiger partial charge in [-0.1, -0.05) is 0 Å². The highest BCUT2D eigenvalue weighted by Crippen LogP contribution is 2.55. The van der Waals surface area contributed by atoms with Crippen LogP contribution in [0.1, 0.15) is 58.8 Å². The van der Waals surface area contributed by atoms with E-state index in [1.54, 1.807) is 0 Å². The molecule has 0 radical (unpaired) electrons. The van der Waals surface area contributed by atoms with Gasteiger partial charge in [-0.15, -0.1) is 0 Å². The van der Waals surface area contributed by atoms with Crippen molar-refractivity contribution in [1.29, 1.82) is 0 Å². The summed E-state index contributed by atoms with van der Waals surface area (Å²) in [5.74, 6) is 2.45. The number of nitrogens with zero attached hydrogens (tertiary/aromatic N) is 1. The first kappa shape index (κ1) is 19.5. The molecule has 0 saturated heterocycles. The van der Waals surface area contributed by atoms with E-state index in [1.807, 2.05) is 7.05 Å². The Labute approximate surface area is 157 Å². The van der Waals surface area contributed by atoms with E-state index in [-0.39, 0.29) is 17.5 Å². The molecule has 3 amide bonds. The molecule has 0 unspecified atom stereocenters. The third-order valence-corrected chi connectivity index (χ3v) is 6.72. The molecule has 4 saturated carbocycles. The number of carbonyl (C=O) groups is 2. The SMILES string of the molecule is CC(C)N(C)CCNC(=O)CCNC(=O)NC12CC3CC(CC(C3)C1)C2. The minimum atomic E-state index is -0.0979. The molecule has 0 aliphatic heterocycles. The highest BCUT2D eigenvalue weighted by molar-refractivity contribution is 5.78. The monoisotopic (exact) mass is 364 g/mol. The minimum absolute atomic E-state index is 0.00254. The van der Waals surface area contributed by atoms with Crippen molar-refractivity contribution in [3.8, 4) is 0 Å². The van der Waals surface area contributed by atoms with Gasteiger partial charge in [0.25, 0.3) is 0 Å². The van der Waals surface area contributed by atoms with Crippen LogP contribution in [-0.2, 0) is 4.79 Å². The fraction of sp³-hybridized carbons (Fsp3) is 0.900. The predicted octanol–water partition coefficient (Wildman–Crippen LogP) is 2.10. The predicted molar refractivity (Wildman–Crippen MR) is 103 cm³/mol. The molecule has 4 fully saturated rings. The molecule has 0 aromatic heterocycles. The number of rotatable bonds is 8. The Morgan fingerprint density at radius 1 is 1.00 bits per heavy atom. The van der Waals surface area contributed by atoms with E-state index >= 15 is 0 Å². The molecule has 0 aromatic rings. The molecule has 4 aliphatic rings. The van der Waals surface area contributed by atoms with Crippen molar-refractivity contribution in [3.63, 3.8) is 0 Å². The number of nitrogens with one attached hydrogen (secondary N) is 3. The van der Waals surface area contributed by atoms with E-state index in [1.165, 1.54) is 19.3 Å². The second-order valence-corrected chi connectivity index (χ2v) is 9.25. The largest absolute Gasteiger partial charge is 0.355 e. The van der Waals surface area contributed by atoms with Crippen LogP contribution in [0.2, 0.25) is 0 Å². The summed E-state index contributed by atoms with van der Waals surface area (Å²) in [5, 5.41) is 9.08. The van der Waals surface area contributed by atoms with Crippen molar-refractivity contribution in [1.82, 2.24) is 20.9 Å². The van der Waals surface area contributed by atoms with Crippen molar-refractivity contribution in [3.05, 3.63) is 0 Å². The van der Waals surface area contributed by atoms with Gasteiger partial charge in [-0.3, -0.25) is 4.79 Å². The lowest BCUT2D eigenvalue weighted by atomic mass is 9.53. The molecular weight excluding hydrogens is 328 g/mol. The Morgan fingerprint density at radius 3 is 2.12 bits per heavy atom. The van der Waals surface area contributed by atoms with Crippen LogP contribution >= 0.6 is 0 Å². The lowest BCUT2D eigenvalue weighted by molar-refractivity contribution is -0.121. The quantitative estimate of drug-likeness (QED) is 0.617. The van der Waals surface area contributed by atoms with Crippen LogP contribution in [0.4, 0.5) is 4.79 Å². The molecule has 4 rings (SSSR count). The molecule has 0 atom stereocenters. The maximum absolute atomic E-state index is 12.3. The molecule has 4 aliphatic carbocycles. The van der Waals surface area contributed by atoms with Crippen LogP contribution in [0, 0.1) is 17.8 Å². The Hall–Kier alpha value is -1.30. The maximum Gasteiger partial charge on any atom is 0.315 e. The fourth-order valence-electron chi connectivity index (χ4n) is 5.56. The van der Waals surface area contributed by atoms with Gasteiger partial charge >= 0.3 is 6.03 Å². The highest BCUT2D eigenvalue weighted by atomic mass is 16.2. The summed E-state index contributed by atoms with van der Waals surface area (Å²) in [4.78, 5) is 26.4. The van der Waals surface area contributed by atoms with Crippen LogP contribution in [0.5, 0.6) is 0 Å². The first-order valence-corrected chi connectivity index (χ1v) is 10.4. The van der Waals surface area contributed by atoms with Gasteiger partial charge < -0.3 is 20.9 Å². The summed E-state index contributed by atoms with van der Waals surface area (Å²) in [6.45, 7) is 6.14. The third-order valence-electron chi connectivity index (χ3n) is 6.72. The van der Waals surface area contributed by atoms with Gasteiger partial charge in [0.15, 0.2) is 0 Å². The van der Waals surface area contributed by atoms with E-state index in [2.05, 4.69) is 34.7 Å². The van der Waals surface area contributed by atoms with Crippen LogP contribution < -0.4 is 16.0 Å². The number of carbonyl (C=O) groups excluding carboxylic acids is 2. The van der Waals surface area contributed by atoms with Crippen LogP contribution in [0.15, 0.2) is 0 Å². The fourth-order valence-corrected chi connectivity index (χ4v) is 5.56. The van der Waals surface area contributed by atoms with E-state index in [9.17, 15) is 9.59 Å². The van der Waals surface area contributed by atoms with E-state index in [4.69, 9.17) is 0 Å². The third kappa shape index (κ3) is 4.90. The van der Waals surface area contributed by atoms with Crippen LogP contribution in [0.3, 0.4) is 0 Å². The Bertz CT molecular complexity index is 485. The molecule has 6 heteroatoms. The van der Waals surface area contributed by atoms with Crippen molar-refractivity contribution >= 4 is 11.9 Å². The lowest BCUT2D eigenvalue weighted by Crippen LogP contribution is -2.61. The van der Waals surface area contributed by atoms with Crippen molar-refractivity contribution in [2.75, 3.05) is 26.7 Å². The molecule has 3 N–H and O–H groups in total. The van der Waals surface area contributed by atoms with Crippen molar-refractivity contribution in [2.24, 2.45) is 17.8 Å². The van der Waals surface area contributed by atoms with E-state index in [0.717, 1.165) is 43.6 Å². The molecule has 0 heterocycles. The summed E-state index contributed by atoms with van der Waals surface area (Å²) in [6.07, 6.45) is 7.89. The molecule has 6 nitrogen and oxygen atoms in total. The zero-order chi connectivity index (χ0) is 18.7. The topological polar surface area (TPSA) is 73.5 Å². The van der Waals surface area contributed by atoms with Crippen LogP contribution in [-0.4, -0.2) is 55.1 Å². The molecule has 0 aromatic carbocycles. The van der Waals surface area contributed by atoms with Gasteiger partial charge in [0.05, 0.1) is 0 Å². The summed E-state index contributed by atoms with van der Waals surface area (Å²) >= 11 is 0. The lowest BCUT2D eigenvalue weighted by Gasteiger charge is -2.56. The second-order valence-electron chi connectivity index (χ2n) is 9.25. The average molecular weight is 365 g/mol. The Morgan fingerprint density at radius 2 is 1.58 bits per heavy atom. The highest BCUT2D eigenvalue weighted by Gasteiger charge is 2.51. The molecule has 0 spiro atoms. The molecule has 4 bridgehead atoms. The van der Waals surface area contributed by atoms with Gasteiger partial charge in [-0.05, 0) is 77.2 Å². The van der Waals surface area contributed by atoms with E-state index in [0.29, 0.717) is 25.6 Å². The van der Waals surface area contributed by atoms with Gasteiger partial charge in [0.1, 0.15) is 0 Å². The first-order chi connectivity index (χ1) is 12.3. The normalized spacial score (nSPS) is 32.1. The zero-order valence-electron chi connectivity index (χ0n) is 16.6. The smallest absolute Gasteiger partial charge is 0.315 e. The number of urea groups is 1. The van der Waals surface area contributed by atoms with E-state index < -0.39 is 0 Å². The number of likely N-dealkylation sites (N-methyl/N-ethyl adjacent to an activating group) is 1. The van der Waals surface area contributed by atoms with Gasteiger partial charge in [0, 0.05) is 37.6 Å². The van der Waals surface area contributed by atoms with Gasteiger partial charge in [-0.2, -0.15) is 0 Å². The molecule has 148 valence electrons.